The molecule has 1 amide bonds. The lowest BCUT2D eigenvalue weighted by Crippen LogP contribution is -2.27. The summed E-state index contributed by atoms with van der Waals surface area (Å²) in [7, 11) is 0. The van der Waals surface area contributed by atoms with Crippen molar-refractivity contribution in [3.05, 3.63) is 59.3 Å². The maximum atomic E-state index is 12.2. The summed E-state index contributed by atoms with van der Waals surface area (Å²) in [5.74, 6) is 0.801. The fourth-order valence-electron chi connectivity index (χ4n) is 2.64. The minimum atomic E-state index is -0.224. The predicted molar refractivity (Wildman–Crippen MR) is 103 cm³/mol. The normalized spacial score (nSPS) is 12.5. The van der Waals surface area contributed by atoms with Crippen LogP contribution in [0.15, 0.2) is 62.6 Å². The van der Waals surface area contributed by atoms with Crippen molar-refractivity contribution in [1.82, 2.24) is 10.3 Å². The zero-order valence-electron chi connectivity index (χ0n) is 13.9. The van der Waals surface area contributed by atoms with Gasteiger partial charge in [-0.2, -0.15) is 0 Å². The number of nitrogens with one attached hydrogen (secondary N) is 1. The number of thioether (sulfide) groups is 1. The van der Waals surface area contributed by atoms with E-state index < -0.39 is 0 Å². The molecule has 1 atom stereocenters. The molecule has 2 aromatic heterocycles. The van der Waals surface area contributed by atoms with Crippen molar-refractivity contribution in [3.63, 3.8) is 0 Å². The molecule has 4 rings (SSSR count). The van der Waals surface area contributed by atoms with Crippen LogP contribution in [0.25, 0.3) is 22.1 Å². The second-order valence-electron chi connectivity index (χ2n) is 5.86. The third kappa shape index (κ3) is 3.57. The summed E-state index contributed by atoms with van der Waals surface area (Å²) < 4.78 is 11.4. The van der Waals surface area contributed by atoms with Crippen LogP contribution in [0, 0.1) is 0 Å². The lowest BCUT2D eigenvalue weighted by Gasteiger charge is -2.10. The Bertz CT molecular complexity index is 1060. The van der Waals surface area contributed by atoms with E-state index in [2.05, 4.69) is 10.3 Å². The average Bonchev–Trinajstić information content (AvgIpc) is 3.23. The van der Waals surface area contributed by atoms with Crippen LogP contribution in [0.2, 0.25) is 5.02 Å². The van der Waals surface area contributed by atoms with Crippen molar-refractivity contribution in [2.45, 2.75) is 18.2 Å². The number of oxazole rings is 1. The molecule has 0 aliphatic rings. The number of amides is 1. The Morgan fingerprint density at radius 2 is 2.04 bits per heavy atom. The Hall–Kier alpha value is -2.44. The Morgan fingerprint density at radius 3 is 2.88 bits per heavy atom. The van der Waals surface area contributed by atoms with Crippen molar-refractivity contribution in [2.75, 3.05) is 5.75 Å². The topological polar surface area (TPSA) is 68.3 Å². The fraction of sp³-hybridized carbons (Fsp3) is 0.158. The lowest BCUT2D eigenvalue weighted by atomic mass is 10.2. The third-order valence-corrected chi connectivity index (χ3v) is 4.97. The van der Waals surface area contributed by atoms with Crippen LogP contribution in [0.1, 0.15) is 18.7 Å². The monoisotopic (exact) mass is 386 g/mol. The van der Waals surface area contributed by atoms with E-state index in [0.29, 0.717) is 21.3 Å². The highest BCUT2D eigenvalue weighted by Gasteiger charge is 2.15. The Balaban J connectivity index is 1.38. The van der Waals surface area contributed by atoms with Crippen LogP contribution in [0.5, 0.6) is 0 Å². The number of rotatable bonds is 5. The van der Waals surface area contributed by atoms with Crippen molar-refractivity contribution < 1.29 is 13.6 Å². The standard InChI is InChI=1S/C19H15ClN2O3S/c1-11(16-8-12-4-2-3-5-15(12)24-16)21-18(23)10-26-19-22-14-7-6-13(20)9-17(14)25-19/h2-9,11H,10H2,1H3,(H,21,23)/t11-/m0/s1. The van der Waals surface area contributed by atoms with Crippen LogP contribution in [0.3, 0.4) is 0 Å². The highest BCUT2D eigenvalue weighted by molar-refractivity contribution is 7.99. The van der Waals surface area contributed by atoms with Gasteiger partial charge in [-0.1, -0.05) is 41.6 Å². The fourth-order valence-corrected chi connectivity index (χ4v) is 3.45. The maximum Gasteiger partial charge on any atom is 0.257 e. The molecule has 0 spiro atoms. The number of furan rings is 1. The number of hydrogen-bond donors (Lipinski definition) is 1. The van der Waals surface area contributed by atoms with E-state index in [9.17, 15) is 4.79 Å². The Morgan fingerprint density at radius 1 is 1.19 bits per heavy atom. The number of para-hydroxylation sites is 1. The van der Waals surface area contributed by atoms with Crippen LogP contribution in [0.4, 0.5) is 0 Å². The Labute approximate surface area is 158 Å². The van der Waals surface area contributed by atoms with Crippen LogP contribution >= 0.6 is 23.4 Å². The SMILES string of the molecule is C[C@H](NC(=O)CSc1nc2ccc(Cl)cc2o1)c1cc2ccccc2o1. The van der Waals surface area contributed by atoms with Crippen molar-refractivity contribution in [3.8, 4) is 0 Å². The number of nitrogens with zero attached hydrogens (tertiary/aromatic N) is 1. The number of carbonyl (C=O) groups excluding carboxylic acids is 1. The van der Waals surface area contributed by atoms with E-state index in [1.165, 1.54) is 11.8 Å². The number of halogens is 1. The van der Waals surface area contributed by atoms with Gasteiger partial charge in [-0.25, -0.2) is 4.98 Å². The molecule has 0 aliphatic heterocycles. The highest BCUT2D eigenvalue weighted by atomic mass is 35.5. The lowest BCUT2D eigenvalue weighted by molar-refractivity contribution is -0.119. The van der Waals surface area contributed by atoms with E-state index in [1.807, 2.05) is 37.3 Å². The predicted octanol–water partition coefficient (Wildman–Crippen LogP) is 5.20. The molecule has 7 heteroatoms. The van der Waals surface area contributed by atoms with Gasteiger partial charge in [0.1, 0.15) is 16.9 Å². The maximum absolute atomic E-state index is 12.2. The first-order chi connectivity index (χ1) is 12.6. The largest absolute Gasteiger partial charge is 0.459 e. The van der Waals surface area contributed by atoms with Crippen LogP contribution in [-0.4, -0.2) is 16.6 Å². The van der Waals surface area contributed by atoms with Crippen molar-refractivity contribution in [2.24, 2.45) is 0 Å². The van der Waals surface area contributed by atoms with Gasteiger partial charge >= 0.3 is 0 Å². The van der Waals surface area contributed by atoms with Gasteiger partial charge in [-0.05, 0) is 31.2 Å². The molecular weight excluding hydrogens is 372 g/mol. The van der Waals surface area contributed by atoms with Gasteiger partial charge in [0.15, 0.2) is 5.58 Å². The summed E-state index contributed by atoms with van der Waals surface area (Å²) in [5, 5.41) is 4.97. The van der Waals surface area contributed by atoms with Crippen LogP contribution < -0.4 is 5.32 Å². The second kappa shape index (κ2) is 7.05. The van der Waals surface area contributed by atoms with E-state index in [1.54, 1.807) is 18.2 Å². The molecule has 4 aromatic rings. The summed E-state index contributed by atoms with van der Waals surface area (Å²) in [6.45, 7) is 1.89. The summed E-state index contributed by atoms with van der Waals surface area (Å²) in [4.78, 5) is 16.6. The molecule has 0 unspecified atom stereocenters. The first-order valence-corrected chi connectivity index (χ1v) is 9.41. The first kappa shape index (κ1) is 17.0. The molecule has 2 aromatic carbocycles. The molecule has 132 valence electrons. The molecule has 5 nitrogen and oxygen atoms in total. The quantitative estimate of drug-likeness (QED) is 0.477. The number of hydrogen-bond acceptors (Lipinski definition) is 5. The zero-order valence-corrected chi connectivity index (χ0v) is 15.4. The summed E-state index contributed by atoms with van der Waals surface area (Å²) >= 11 is 7.17. The molecule has 1 N–H and O–H groups in total. The zero-order chi connectivity index (χ0) is 18.1. The summed E-state index contributed by atoms with van der Waals surface area (Å²) in [6.07, 6.45) is 0. The molecular formula is C19H15ClN2O3S. The highest BCUT2D eigenvalue weighted by Crippen LogP contribution is 2.26. The molecule has 0 aliphatic carbocycles. The third-order valence-electron chi connectivity index (χ3n) is 3.91. The van der Waals surface area contributed by atoms with Gasteiger partial charge in [-0.3, -0.25) is 4.79 Å². The van der Waals surface area contributed by atoms with Crippen molar-refractivity contribution in [1.29, 1.82) is 0 Å². The van der Waals surface area contributed by atoms with Gasteiger partial charge < -0.3 is 14.2 Å². The molecule has 26 heavy (non-hydrogen) atoms. The molecule has 0 saturated heterocycles. The average molecular weight is 387 g/mol. The molecule has 0 saturated carbocycles. The van der Waals surface area contributed by atoms with Crippen LogP contribution in [-0.2, 0) is 4.79 Å². The van der Waals surface area contributed by atoms with Gasteiger partial charge in [0, 0.05) is 16.5 Å². The van der Waals surface area contributed by atoms with Gasteiger partial charge in [-0.15, -0.1) is 0 Å². The smallest absolute Gasteiger partial charge is 0.257 e. The van der Waals surface area contributed by atoms with E-state index in [0.717, 1.165) is 16.7 Å². The number of benzene rings is 2. The molecule has 0 fully saturated rings. The minimum Gasteiger partial charge on any atom is -0.459 e. The molecule has 2 heterocycles. The van der Waals surface area contributed by atoms with Gasteiger partial charge in [0.05, 0.1) is 11.8 Å². The first-order valence-electron chi connectivity index (χ1n) is 8.05. The van der Waals surface area contributed by atoms with E-state index in [4.69, 9.17) is 20.4 Å². The van der Waals surface area contributed by atoms with Crippen molar-refractivity contribution >= 4 is 51.3 Å². The van der Waals surface area contributed by atoms with E-state index >= 15 is 0 Å². The summed E-state index contributed by atoms with van der Waals surface area (Å²) in [6, 6.07) is 14.7. The number of aromatic nitrogens is 1. The van der Waals surface area contributed by atoms with Gasteiger partial charge in [0.2, 0.25) is 5.91 Å². The second-order valence-corrected chi connectivity index (χ2v) is 7.22. The molecule has 0 radical (unpaired) electrons. The minimum absolute atomic E-state index is 0.122. The molecule has 0 bridgehead atoms. The summed E-state index contributed by atoms with van der Waals surface area (Å²) in [5.41, 5.74) is 2.13. The number of fused-ring (bicyclic) bond motifs is 2. The Kier molecular flexibility index (Phi) is 4.61. The van der Waals surface area contributed by atoms with E-state index in [-0.39, 0.29) is 17.7 Å². The van der Waals surface area contributed by atoms with Gasteiger partial charge in [0.25, 0.3) is 5.22 Å². The number of carbonyl (C=O) groups is 1.